The highest BCUT2D eigenvalue weighted by molar-refractivity contribution is 7.92. The molecule has 3 aliphatic rings. The number of halogens is 2. The first-order valence-electron chi connectivity index (χ1n) is 12.5. The van der Waals surface area contributed by atoms with Crippen LogP contribution in [0, 0.1) is 5.41 Å². The highest BCUT2D eigenvalue weighted by Crippen LogP contribution is 2.54. The second kappa shape index (κ2) is 9.99. The molecule has 9 nitrogen and oxygen atoms in total. The van der Waals surface area contributed by atoms with Gasteiger partial charge in [-0.05, 0) is 49.3 Å². The van der Waals surface area contributed by atoms with Crippen LogP contribution in [0.2, 0.25) is 0 Å². The largest absolute Gasteiger partial charge is 0.395 e. The molecule has 3 heterocycles. The molecule has 1 aromatic heterocycles. The maximum absolute atomic E-state index is 13.5. The van der Waals surface area contributed by atoms with Crippen molar-refractivity contribution in [3.8, 4) is 0 Å². The zero-order valence-corrected chi connectivity index (χ0v) is 22.0. The van der Waals surface area contributed by atoms with E-state index in [1.54, 1.807) is 28.5 Å². The highest BCUT2D eigenvalue weighted by Gasteiger charge is 2.44. The maximum Gasteiger partial charge on any atom is 0.275 e. The minimum atomic E-state index is -3.70. The molecule has 37 heavy (non-hydrogen) atoms. The molecule has 5 rings (SSSR count). The van der Waals surface area contributed by atoms with Crippen LogP contribution in [-0.4, -0.2) is 68.9 Å². The molecule has 2 saturated heterocycles. The Labute approximate surface area is 218 Å². The molecule has 1 amide bonds. The van der Waals surface area contributed by atoms with Gasteiger partial charge in [0.15, 0.2) is 5.13 Å². The summed E-state index contributed by atoms with van der Waals surface area (Å²) in [5.41, 5.74) is 2.24. The topological polar surface area (TPSA) is 115 Å². The number of hydrogen-bond acceptors (Lipinski definition) is 8. The lowest BCUT2D eigenvalue weighted by Gasteiger charge is -2.35. The van der Waals surface area contributed by atoms with Gasteiger partial charge in [0.2, 0.25) is 10.0 Å². The van der Waals surface area contributed by atoms with E-state index in [1.165, 1.54) is 24.2 Å². The van der Waals surface area contributed by atoms with E-state index in [9.17, 15) is 22.0 Å². The summed E-state index contributed by atoms with van der Waals surface area (Å²) in [6.07, 6.45) is 4.11. The van der Waals surface area contributed by atoms with Gasteiger partial charge in [-0.1, -0.05) is 0 Å². The number of alkyl halides is 2. The monoisotopic (exact) mass is 555 g/mol. The van der Waals surface area contributed by atoms with Crippen LogP contribution in [0.1, 0.15) is 49.0 Å². The molecular formula is C24H31F2N5O4S2. The van der Waals surface area contributed by atoms with Crippen molar-refractivity contribution < 1.29 is 27.1 Å². The maximum atomic E-state index is 13.5. The van der Waals surface area contributed by atoms with Crippen LogP contribution < -0.4 is 19.8 Å². The molecule has 3 fully saturated rings. The second-order valence-corrected chi connectivity index (χ2v) is 12.9. The van der Waals surface area contributed by atoms with Crippen LogP contribution >= 0.6 is 11.3 Å². The van der Waals surface area contributed by atoms with Crippen molar-refractivity contribution >= 4 is 49.5 Å². The average Bonchev–Trinajstić information content (AvgIpc) is 3.40. The Hall–Kier alpha value is -2.51. The molecule has 0 radical (unpaired) electrons. The zero-order valence-electron chi connectivity index (χ0n) is 20.4. The molecule has 1 aromatic carbocycles. The summed E-state index contributed by atoms with van der Waals surface area (Å²) >= 11 is 1.25. The van der Waals surface area contributed by atoms with Crippen LogP contribution in [0.4, 0.5) is 31.0 Å². The van der Waals surface area contributed by atoms with E-state index < -0.39 is 34.2 Å². The van der Waals surface area contributed by atoms with Crippen LogP contribution in [0.15, 0.2) is 23.6 Å². The number of anilines is 4. The van der Waals surface area contributed by atoms with Gasteiger partial charge in [-0.3, -0.25) is 9.52 Å². The molecule has 3 N–H and O–H groups in total. The lowest BCUT2D eigenvalue weighted by atomic mass is 9.93. The van der Waals surface area contributed by atoms with E-state index in [0.717, 1.165) is 25.9 Å². The van der Waals surface area contributed by atoms with Crippen molar-refractivity contribution in [2.45, 2.75) is 44.4 Å². The first-order chi connectivity index (χ1) is 17.6. The fourth-order valence-corrected chi connectivity index (χ4v) is 6.63. The van der Waals surface area contributed by atoms with Gasteiger partial charge in [-0.25, -0.2) is 22.2 Å². The predicted octanol–water partition coefficient (Wildman–Crippen LogP) is 3.75. The smallest absolute Gasteiger partial charge is 0.275 e. The fraction of sp³-hybridized carbons (Fsp3) is 0.583. The van der Waals surface area contributed by atoms with Gasteiger partial charge in [0.25, 0.3) is 11.8 Å². The second-order valence-electron chi connectivity index (χ2n) is 10.2. The van der Waals surface area contributed by atoms with E-state index in [0.29, 0.717) is 27.6 Å². The first-order valence-corrected chi connectivity index (χ1v) is 15.0. The average molecular weight is 556 g/mol. The van der Waals surface area contributed by atoms with E-state index in [1.807, 2.05) is 0 Å². The van der Waals surface area contributed by atoms with Crippen molar-refractivity contribution in [1.82, 2.24) is 4.98 Å². The van der Waals surface area contributed by atoms with Gasteiger partial charge >= 0.3 is 0 Å². The summed E-state index contributed by atoms with van der Waals surface area (Å²) < 4.78 is 53.9. The number of rotatable bonds is 8. The minimum absolute atomic E-state index is 0.190. The molecule has 2 aliphatic heterocycles. The molecule has 0 atom stereocenters. The number of benzene rings is 1. The van der Waals surface area contributed by atoms with Crippen LogP contribution in [0.5, 0.6) is 0 Å². The molecule has 0 unspecified atom stereocenters. The molecule has 202 valence electrons. The summed E-state index contributed by atoms with van der Waals surface area (Å²) in [5.74, 6) is -3.49. The van der Waals surface area contributed by atoms with Crippen molar-refractivity contribution in [2.75, 3.05) is 58.4 Å². The van der Waals surface area contributed by atoms with E-state index >= 15 is 0 Å². The number of aliphatic hydroxyl groups excluding tert-OH is 1. The minimum Gasteiger partial charge on any atom is -0.395 e. The van der Waals surface area contributed by atoms with Gasteiger partial charge < -0.3 is 20.2 Å². The Morgan fingerprint density at radius 1 is 1.05 bits per heavy atom. The summed E-state index contributed by atoms with van der Waals surface area (Å²) in [6.45, 7) is 1.50. The van der Waals surface area contributed by atoms with Gasteiger partial charge in [-0.2, -0.15) is 0 Å². The predicted molar refractivity (Wildman–Crippen MR) is 141 cm³/mol. The fourth-order valence-electron chi connectivity index (χ4n) is 4.94. The molecule has 2 aromatic rings. The third-order valence-corrected chi connectivity index (χ3v) is 9.66. The summed E-state index contributed by atoms with van der Waals surface area (Å²) in [5, 5.41) is 14.1. The third-order valence-electron chi connectivity index (χ3n) is 7.49. The van der Waals surface area contributed by atoms with Crippen molar-refractivity contribution in [2.24, 2.45) is 5.41 Å². The Kier molecular flexibility index (Phi) is 7.05. The quantitative estimate of drug-likeness (QED) is 0.455. The number of nitrogens with one attached hydrogen (secondary N) is 2. The zero-order chi connectivity index (χ0) is 26.3. The highest BCUT2D eigenvalue weighted by atomic mass is 32.2. The van der Waals surface area contributed by atoms with Crippen molar-refractivity contribution in [3.63, 3.8) is 0 Å². The third kappa shape index (κ3) is 6.15. The Morgan fingerprint density at radius 2 is 1.73 bits per heavy atom. The Balaban J connectivity index is 1.33. The van der Waals surface area contributed by atoms with Crippen molar-refractivity contribution in [3.05, 3.63) is 29.3 Å². The van der Waals surface area contributed by atoms with E-state index in [-0.39, 0.29) is 31.6 Å². The first kappa shape index (κ1) is 26.1. The van der Waals surface area contributed by atoms with Crippen LogP contribution in [0.25, 0.3) is 0 Å². The van der Waals surface area contributed by atoms with E-state index in [4.69, 9.17) is 5.11 Å². The number of nitrogens with zero attached hydrogens (tertiary/aromatic N) is 3. The number of amides is 1. The Bertz CT molecular complexity index is 1250. The van der Waals surface area contributed by atoms with Gasteiger partial charge in [0, 0.05) is 44.4 Å². The normalized spacial score (nSPS) is 20.6. The number of hydrogen-bond donors (Lipinski definition) is 3. The molecule has 1 spiro atoms. The number of piperidine rings is 2. The standard InChI is InChI=1S/C24H31F2N5O4S2/c25-24(26)7-11-31(12-8-24)22-28-19(16-36-22)21(33)27-18-2-1-17(29-37(34,35)14-13-32)15-20(18)30-9-5-23(3-4-23)6-10-30/h1-2,15-16,29,32H,3-14H2,(H,27,33). The summed E-state index contributed by atoms with van der Waals surface area (Å²) in [6, 6.07) is 4.93. The lowest BCUT2D eigenvalue weighted by molar-refractivity contribution is -0.0220. The molecule has 1 aliphatic carbocycles. The molecule has 0 bridgehead atoms. The van der Waals surface area contributed by atoms with Crippen LogP contribution in [-0.2, 0) is 10.0 Å². The van der Waals surface area contributed by atoms with Gasteiger partial charge in [0.05, 0.1) is 29.4 Å². The van der Waals surface area contributed by atoms with Crippen molar-refractivity contribution in [1.29, 1.82) is 0 Å². The van der Waals surface area contributed by atoms with Gasteiger partial charge in [-0.15, -0.1) is 11.3 Å². The summed E-state index contributed by atoms with van der Waals surface area (Å²) in [4.78, 5) is 21.4. The molecule has 1 saturated carbocycles. The number of aliphatic hydroxyl groups is 1. The molecule has 13 heteroatoms. The number of aromatic nitrogens is 1. The number of thiazole rings is 1. The lowest BCUT2D eigenvalue weighted by Crippen LogP contribution is -2.39. The summed E-state index contributed by atoms with van der Waals surface area (Å²) in [7, 11) is -3.70. The number of carbonyl (C=O) groups is 1. The van der Waals surface area contributed by atoms with Crippen LogP contribution in [0.3, 0.4) is 0 Å². The molecular weight excluding hydrogens is 524 g/mol. The number of carbonyl (C=O) groups excluding carboxylic acids is 1. The van der Waals surface area contributed by atoms with Gasteiger partial charge in [0.1, 0.15) is 5.69 Å². The number of sulfonamides is 1. The van der Waals surface area contributed by atoms with E-state index in [2.05, 4.69) is 19.9 Å². The Morgan fingerprint density at radius 3 is 2.38 bits per heavy atom. The SMILES string of the molecule is O=C(Nc1ccc(NS(=O)(=O)CCO)cc1N1CCC2(CC1)CC2)c1csc(N2CCC(F)(F)CC2)n1.